The highest BCUT2D eigenvalue weighted by molar-refractivity contribution is 5.75. The zero-order valence-corrected chi connectivity index (χ0v) is 25.3. The van der Waals surface area contributed by atoms with Crippen LogP contribution in [-0.4, -0.2) is 53.4 Å². The van der Waals surface area contributed by atoms with Crippen molar-refractivity contribution < 1.29 is 28.5 Å². The Labute approximate surface area is 247 Å². The van der Waals surface area contributed by atoms with E-state index in [1.54, 1.807) is 28.1 Å². The molecule has 11 nitrogen and oxygen atoms in total. The van der Waals surface area contributed by atoms with Crippen molar-refractivity contribution in [2.75, 3.05) is 27.3 Å². The van der Waals surface area contributed by atoms with Crippen molar-refractivity contribution in [3.8, 4) is 23.5 Å². The Kier molecular flexibility index (Phi) is 13.3. The van der Waals surface area contributed by atoms with Gasteiger partial charge in [-0.15, -0.1) is 0 Å². The predicted octanol–water partition coefficient (Wildman–Crippen LogP) is 3.91. The summed E-state index contributed by atoms with van der Waals surface area (Å²) in [7, 11) is 5.13. The standard InChI is InChI=1S/C31H43N5O6/c1-22(37)8-6-16-32-18-24-10-14-28(34-30(24)39-4)41-20-26-12-13-27(36(26)3)21-42-29-15-11-25(31(35-29)40-5)19-33-17-7-9-23(2)38/h10-15,32-33H,6-9,16-21H2,1-5H3. The molecule has 0 amide bonds. The molecule has 3 rings (SSSR count). The van der Waals surface area contributed by atoms with Crippen LogP contribution in [0.1, 0.15) is 62.0 Å². The van der Waals surface area contributed by atoms with Gasteiger partial charge in [0.15, 0.2) is 0 Å². The molecule has 3 heterocycles. The zero-order valence-electron chi connectivity index (χ0n) is 25.3. The molecule has 0 saturated carbocycles. The summed E-state index contributed by atoms with van der Waals surface area (Å²) in [5.74, 6) is 2.34. The Morgan fingerprint density at radius 2 is 1.14 bits per heavy atom. The van der Waals surface area contributed by atoms with Crippen LogP contribution in [0.4, 0.5) is 0 Å². The summed E-state index contributed by atoms with van der Waals surface area (Å²) in [6, 6.07) is 11.5. The third-order valence-electron chi connectivity index (χ3n) is 6.68. The maximum atomic E-state index is 11.1. The molecule has 3 aromatic rings. The first-order valence-electron chi connectivity index (χ1n) is 14.2. The third-order valence-corrected chi connectivity index (χ3v) is 6.68. The van der Waals surface area contributed by atoms with Gasteiger partial charge in [0.25, 0.3) is 0 Å². The molecule has 0 aliphatic heterocycles. The van der Waals surface area contributed by atoms with Gasteiger partial charge in [-0.05, 0) is 64.0 Å². The lowest BCUT2D eigenvalue weighted by atomic mass is 10.2. The van der Waals surface area contributed by atoms with Gasteiger partial charge >= 0.3 is 0 Å². The van der Waals surface area contributed by atoms with Crippen LogP contribution >= 0.6 is 0 Å². The normalized spacial score (nSPS) is 10.9. The topological polar surface area (TPSA) is 126 Å². The van der Waals surface area contributed by atoms with E-state index in [1.165, 1.54) is 0 Å². The van der Waals surface area contributed by atoms with Crippen molar-refractivity contribution in [1.29, 1.82) is 0 Å². The number of nitrogens with one attached hydrogen (secondary N) is 2. The Morgan fingerprint density at radius 1 is 0.714 bits per heavy atom. The fourth-order valence-corrected chi connectivity index (χ4v) is 4.24. The molecule has 0 fully saturated rings. The van der Waals surface area contributed by atoms with Gasteiger partial charge < -0.3 is 43.7 Å². The van der Waals surface area contributed by atoms with Crippen molar-refractivity contribution >= 4 is 11.6 Å². The molecule has 11 heteroatoms. The zero-order chi connectivity index (χ0) is 30.3. The van der Waals surface area contributed by atoms with Crippen LogP contribution in [0.2, 0.25) is 0 Å². The number of pyridine rings is 2. The fraction of sp³-hybridized carbons (Fsp3) is 0.484. The average molecular weight is 582 g/mol. The van der Waals surface area contributed by atoms with Crippen LogP contribution in [-0.2, 0) is 42.9 Å². The molecule has 0 aliphatic rings. The number of ketones is 2. The minimum Gasteiger partial charge on any atom is -0.481 e. The summed E-state index contributed by atoms with van der Waals surface area (Å²) in [5.41, 5.74) is 3.76. The van der Waals surface area contributed by atoms with Crippen molar-refractivity contribution in [1.82, 2.24) is 25.2 Å². The molecular weight excluding hydrogens is 538 g/mol. The lowest BCUT2D eigenvalue weighted by molar-refractivity contribution is -0.117. The van der Waals surface area contributed by atoms with Gasteiger partial charge in [-0.3, -0.25) is 0 Å². The summed E-state index contributed by atoms with van der Waals surface area (Å²) in [6.45, 7) is 6.55. The second kappa shape index (κ2) is 17.1. The lowest BCUT2D eigenvalue weighted by Gasteiger charge is -2.13. The maximum absolute atomic E-state index is 11.1. The molecule has 0 aromatic carbocycles. The third kappa shape index (κ3) is 10.5. The number of methoxy groups -OCH3 is 2. The van der Waals surface area contributed by atoms with Crippen molar-refractivity contribution in [3.05, 3.63) is 58.9 Å². The molecular formula is C31H43N5O6. The molecule has 0 bridgehead atoms. The average Bonchev–Trinajstić information content (AvgIpc) is 3.33. The monoisotopic (exact) mass is 581 g/mol. The van der Waals surface area contributed by atoms with Crippen LogP contribution in [0.15, 0.2) is 36.4 Å². The second-order valence-electron chi connectivity index (χ2n) is 10.1. The lowest BCUT2D eigenvalue weighted by Crippen LogP contribution is -2.16. The molecule has 2 N–H and O–H groups in total. The van der Waals surface area contributed by atoms with Crippen LogP contribution in [0.5, 0.6) is 23.5 Å². The summed E-state index contributed by atoms with van der Waals surface area (Å²) in [5, 5.41) is 6.63. The van der Waals surface area contributed by atoms with Crippen molar-refractivity contribution in [2.24, 2.45) is 7.05 Å². The Balaban J connectivity index is 1.49. The number of carbonyl (C=O) groups excluding carboxylic acids is 2. The van der Waals surface area contributed by atoms with E-state index in [0.717, 1.165) is 48.4 Å². The quantitative estimate of drug-likeness (QED) is 0.190. The van der Waals surface area contributed by atoms with Gasteiger partial charge in [-0.1, -0.05) is 0 Å². The van der Waals surface area contributed by atoms with E-state index in [0.29, 0.717) is 62.7 Å². The maximum Gasteiger partial charge on any atom is 0.220 e. The summed E-state index contributed by atoms with van der Waals surface area (Å²) in [6.07, 6.45) is 2.75. The van der Waals surface area contributed by atoms with Crippen LogP contribution in [0.25, 0.3) is 0 Å². The number of carbonyl (C=O) groups is 2. The molecule has 228 valence electrons. The number of ether oxygens (including phenoxy) is 4. The van der Waals surface area contributed by atoms with E-state index in [4.69, 9.17) is 18.9 Å². The van der Waals surface area contributed by atoms with Crippen LogP contribution in [0, 0.1) is 0 Å². The first-order valence-corrected chi connectivity index (χ1v) is 14.2. The van der Waals surface area contributed by atoms with Gasteiger partial charge in [0.05, 0.1) is 25.6 Å². The Hall–Kier alpha value is -3.96. The minimum atomic E-state index is 0.196. The molecule has 0 radical (unpaired) electrons. The smallest absolute Gasteiger partial charge is 0.220 e. The van der Waals surface area contributed by atoms with Crippen LogP contribution < -0.4 is 29.6 Å². The summed E-state index contributed by atoms with van der Waals surface area (Å²) < 4.78 is 24.9. The summed E-state index contributed by atoms with van der Waals surface area (Å²) in [4.78, 5) is 31.2. The largest absolute Gasteiger partial charge is 0.481 e. The minimum absolute atomic E-state index is 0.196. The van der Waals surface area contributed by atoms with E-state index in [1.807, 2.05) is 48.0 Å². The highest BCUT2D eigenvalue weighted by Gasteiger charge is 2.12. The van der Waals surface area contributed by atoms with Crippen molar-refractivity contribution in [2.45, 2.75) is 65.8 Å². The van der Waals surface area contributed by atoms with Gasteiger partial charge in [-0.2, -0.15) is 9.97 Å². The van der Waals surface area contributed by atoms with Gasteiger partial charge in [0, 0.05) is 56.2 Å². The van der Waals surface area contributed by atoms with E-state index >= 15 is 0 Å². The molecule has 0 unspecified atom stereocenters. The van der Waals surface area contributed by atoms with E-state index < -0.39 is 0 Å². The van der Waals surface area contributed by atoms with Crippen molar-refractivity contribution in [3.63, 3.8) is 0 Å². The van der Waals surface area contributed by atoms with Gasteiger partial charge in [-0.25, -0.2) is 0 Å². The molecule has 42 heavy (non-hydrogen) atoms. The molecule has 0 spiro atoms. The number of Topliss-reactive ketones (excluding diaryl/α,β-unsaturated/α-hetero) is 2. The Bertz CT molecular complexity index is 1210. The number of nitrogens with zero attached hydrogens (tertiary/aromatic N) is 3. The van der Waals surface area contributed by atoms with E-state index in [-0.39, 0.29) is 11.6 Å². The number of aromatic nitrogens is 3. The Morgan fingerprint density at radius 3 is 1.52 bits per heavy atom. The number of rotatable bonds is 20. The fourth-order valence-electron chi connectivity index (χ4n) is 4.24. The molecule has 0 atom stereocenters. The molecule has 0 saturated heterocycles. The number of hydrogen-bond acceptors (Lipinski definition) is 10. The first-order chi connectivity index (χ1) is 20.3. The first kappa shape index (κ1) is 32.6. The van der Waals surface area contributed by atoms with Gasteiger partial charge in [0.1, 0.15) is 24.8 Å². The van der Waals surface area contributed by atoms with E-state index in [2.05, 4.69) is 20.6 Å². The van der Waals surface area contributed by atoms with E-state index in [9.17, 15) is 9.59 Å². The molecule has 0 aliphatic carbocycles. The van der Waals surface area contributed by atoms with Crippen LogP contribution in [0.3, 0.4) is 0 Å². The second-order valence-corrected chi connectivity index (χ2v) is 10.1. The highest BCUT2D eigenvalue weighted by atomic mass is 16.5. The summed E-state index contributed by atoms with van der Waals surface area (Å²) >= 11 is 0. The predicted molar refractivity (Wildman–Crippen MR) is 159 cm³/mol. The molecule has 3 aromatic heterocycles. The van der Waals surface area contributed by atoms with Gasteiger partial charge in [0.2, 0.25) is 23.5 Å². The highest BCUT2D eigenvalue weighted by Crippen LogP contribution is 2.23. The number of hydrogen-bond donors (Lipinski definition) is 2. The SMILES string of the molecule is COc1nc(OCc2ccc(COc3ccc(CNCCCC(C)=O)c(OC)n3)n2C)ccc1CNCCCC(C)=O.